The van der Waals surface area contributed by atoms with E-state index in [1.54, 1.807) is 6.92 Å². The Morgan fingerprint density at radius 1 is 1.22 bits per heavy atom. The highest BCUT2D eigenvalue weighted by atomic mass is 32.2. The topological polar surface area (TPSA) is 64.6 Å². The summed E-state index contributed by atoms with van der Waals surface area (Å²) in [4.78, 5) is 0. The summed E-state index contributed by atoms with van der Waals surface area (Å²) in [6, 6.07) is 8.00. The second-order valence-corrected chi connectivity index (χ2v) is 8.38. The molecular formula is C17H25NO4S. The molecule has 1 saturated heterocycles. The molecule has 5 nitrogen and oxygen atoms in total. The molecule has 1 aliphatic carbocycles. The van der Waals surface area contributed by atoms with Crippen LogP contribution in [0, 0.1) is 0 Å². The molecule has 0 aromatic heterocycles. The molecule has 1 aliphatic heterocycles. The van der Waals surface area contributed by atoms with Crippen LogP contribution in [0.2, 0.25) is 0 Å². The van der Waals surface area contributed by atoms with Crippen LogP contribution in [0.25, 0.3) is 0 Å². The van der Waals surface area contributed by atoms with Crippen molar-refractivity contribution in [2.24, 2.45) is 0 Å². The Hall–Kier alpha value is -1.11. The highest BCUT2D eigenvalue weighted by molar-refractivity contribution is 7.89. The van der Waals surface area contributed by atoms with E-state index in [9.17, 15) is 8.42 Å². The summed E-state index contributed by atoms with van der Waals surface area (Å²) in [6.07, 6.45) is 3.98. The van der Waals surface area contributed by atoms with Crippen LogP contribution in [0.4, 0.5) is 0 Å². The molecule has 2 aliphatic rings. The number of ether oxygens (including phenoxy) is 2. The van der Waals surface area contributed by atoms with E-state index >= 15 is 0 Å². The predicted octanol–water partition coefficient (Wildman–Crippen LogP) is 2.43. The van der Waals surface area contributed by atoms with E-state index in [0.717, 1.165) is 24.5 Å². The minimum atomic E-state index is -3.23. The normalized spacial score (nSPS) is 25.3. The molecule has 2 atom stereocenters. The van der Waals surface area contributed by atoms with Crippen molar-refractivity contribution in [3.8, 4) is 5.75 Å². The average Bonchev–Trinajstić information content (AvgIpc) is 3.39. The molecule has 23 heavy (non-hydrogen) atoms. The van der Waals surface area contributed by atoms with Crippen molar-refractivity contribution in [1.29, 1.82) is 0 Å². The molecule has 0 bridgehead atoms. The zero-order valence-corrected chi connectivity index (χ0v) is 14.3. The van der Waals surface area contributed by atoms with Gasteiger partial charge in [-0.25, -0.2) is 13.1 Å². The van der Waals surface area contributed by atoms with Crippen LogP contribution in [0.3, 0.4) is 0 Å². The summed E-state index contributed by atoms with van der Waals surface area (Å²) in [5.41, 5.74) is 1.37. The van der Waals surface area contributed by atoms with Gasteiger partial charge in [0.15, 0.2) is 0 Å². The maximum Gasteiger partial charge on any atom is 0.211 e. The summed E-state index contributed by atoms with van der Waals surface area (Å²) in [6.45, 7) is 2.65. The lowest BCUT2D eigenvalue weighted by atomic mass is 10.0. The largest absolute Gasteiger partial charge is 0.491 e. The van der Waals surface area contributed by atoms with Gasteiger partial charge in [-0.15, -0.1) is 0 Å². The SMILES string of the molecule is CCS(=O)(=O)NC1CCCOC1COc1ccc(C2CC2)cc1. The summed E-state index contributed by atoms with van der Waals surface area (Å²) >= 11 is 0. The smallest absolute Gasteiger partial charge is 0.211 e. The lowest BCUT2D eigenvalue weighted by Gasteiger charge is -2.31. The van der Waals surface area contributed by atoms with Crippen LogP contribution in [-0.2, 0) is 14.8 Å². The van der Waals surface area contributed by atoms with Gasteiger partial charge in [-0.05, 0) is 56.2 Å². The monoisotopic (exact) mass is 339 g/mol. The van der Waals surface area contributed by atoms with Gasteiger partial charge in [-0.2, -0.15) is 0 Å². The number of hydrogen-bond donors (Lipinski definition) is 1. The first-order chi connectivity index (χ1) is 11.1. The highest BCUT2D eigenvalue weighted by Gasteiger charge is 2.29. The Morgan fingerprint density at radius 2 is 1.96 bits per heavy atom. The van der Waals surface area contributed by atoms with Gasteiger partial charge >= 0.3 is 0 Å². The molecule has 1 N–H and O–H groups in total. The predicted molar refractivity (Wildman–Crippen MR) is 89.3 cm³/mol. The number of rotatable bonds is 7. The van der Waals surface area contributed by atoms with Crippen molar-refractivity contribution in [1.82, 2.24) is 4.72 Å². The fourth-order valence-electron chi connectivity index (χ4n) is 2.88. The second kappa shape index (κ2) is 7.20. The molecule has 128 valence electrons. The molecule has 3 rings (SSSR count). The van der Waals surface area contributed by atoms with E-state index in [1.807, 2.05) is 12.1 Å². The van der Waals surface area contributed by atoms with Crippen molar-refractivity contribution in [2.75, 3.05) is 19.0 Å². The van der Waals surface area contributed by atoms with Gasteiger partial charge in [-0.1, -0.05) is 12.1 Å². The van der Waals surface area contributed by atoms with Crippen LogP contribution >= 0.6 is 0 Å². The van der Waals surface area contributed by atoms with Crippen molar-refractivity contribution < 1.29 is 17.9 Å². The quantitative estimate of drug-likeness (QED) is 0.829. The van der Waals surface area contributed by atoms with Crippen LogP contribution < -0.4 is 9.46 Å². The first kappa shape index (κ1) is 16.7. The Morgan fingerprint density at radius 3 is 2.61 bits per heavy atom. The minimum Gasteiger partial charge on any atom is -0.491 e. The summed E-state index contributed by atoms with van der Waals surface area (Å²) < 4.78 is 37.8. The van der Waals surface area contributed by atoms with Gasteiger partial charge in [0, 0.05) is 6.61 Å². The maximum absolute atomic E-state index is 11.8. The van der Waals surface area contributed by atoms with E-state index in [-0.39, 0.29) is 17.9 Å². The van der Waals surface area contributed by atoms with Gasteiger partial charge in [-0.3, -0.25) is 0 Å². The summed E-state index contributed by atoms with van der Waals surface area (Å²) in [5, 5.41) is 0. The molecule has 1 aromatic carbocycles. The van der Waals surface area contributed by atoms with Crippen LogP contribution in [0.1, 0.15) is 44.1 Å². The lowest BCUT2D eigenvalue weighted by molar-refractivity contribution is -0.0279. The lowest BCUT2D eigenvalue weighted by Crippen LogP contribution is -2.49. The molecule has 1 aromatic rings. The zero-order chi connectivity index (χ0) is 16.3. The number of nitrogens with one attached hydrogen (secondary N) is 1. The highest BCUT2D eigenvalue weighted by Crippen LogP contribution is 2.40. The summed E-state index contributed by atoms with van der Waals surface area (Å²) in [7, 11) is -3.23. The van der Waals surface area contributed by atoms with Crippen molar-refractivity contribution in [3.63, 3.8) is 0 Å². The Labute approximate surface area is 138 Å². The molecular weight excluding hydrogens is 314 g/mol. The van der Waals surface area contributed by atoms with Crippen molar-refractivity contribution >= 4 is 10.0 Å². The van der Waals surface area contributed by atoms with Crippen molar-refractivity contribution in [2.45, 2.75) is 50.7 Å². The van der Waals surface area contributed by atoms with E-state index in [2.05, 4.69) is 16.9 Å². The molecule has 1 heterocycles. The van der Waals surface area contributed by atoms with Crippen molar-refractivity contribution in [3.05, 3.63) is 29.8 Å². The first-order valence-electron chi connectivity index (χ1n) is 8.42. The second-order valence-electron chi connectivity index (χ2n) is 6.33. The van der Waals surface area contributed by atoms with E-state index in [0.29, 0.717) is 13.2 Å². The van der Waals surface area contributed by atoms with Crippen LogP contribution in [-0.4, -0.2) is 39.5 Å². The number of benzene rings is 1. The van der Waals surface area contributed by atoms with Crippen LogP contribution in [0.5, 0.6) is 5.75 Å². The Kier molecular flexibility index (Phi) is 5.24. The maximum atomic E-state index is 11.8. The third-order valence-electron chi connectivity index (χ3n) is 4.49. The Balaban J connectivity index is 1.56. The summed E-state index contributed by atoms with van der Waals surface area (Å²) in [5.74, 6) is 1.62. The fourth-order valence-corrected chi connectivity index (χ4v) is 3.78. The molecule has 2 unspecified atom stereocenters. The molecule has 6 heteroatoms. The van der Waals surface area contributed by atoms with Gasteiger partial charge in [0.1, 0.15) is 18.5 Å². The van der Waals surface area contributed by atoms with Gasteiger partial charge in [0.2, 0.25) is 10.0 Å². The van der Waals surface area contributed by atoms with E-state index in [1.165, 1.54) is 18.4 Å². The third kappa shape index (κ3) is 4.68. The molecule has 1 saturated carbocycles. The zero-order valence-electron chi connectivity index (χ0n) is 13.5. The van der Waals surface area contributed by atoms with Gasteiger partial charge in [0.25, 0.3) is 0 Å². The van der Waals surface area contributed by atoms with Gasteiger partial charge < -0.3 is 9.47 Å². The fraction of sp³-hybridized carbons (Fsp3) is 0.647. The standard InChI is InChI=1S/C17H25NO4S/c1-2-23(19,20)18-16-4-3-11-21-17(16)12-22-15-9-7-14(8-10-15)13-5-6-13/h7-10,13,16-18H,2-6,11-12H2,1H3. The van der Waals surface area contributed by atoms with Gasteiger partial charge in [0.05, 0.1) is 11.8 Å². The van der Waals surface area contributed by atoms with Crippen LogP contribution in [0.15, 0.2) is 24.3 Å². The number of hydrogen-bond acceptors (Lipinski definition) is 4. The minimum absolute atomic E-state index is 0.0830. The first-order valence-corrected chi connectivity index (χ1v) is 10.1. The molecule has 0 amide bonds. The average molecular weight is 339 g/mol. The van der Waals surface area contributed by atoms with E-state index < -0.39 is 10.0 Å². The molecule has 0 radical (unpaired) electrons. The number of sulfonamides is 1. The molecule has 2 fully saturated rings. The van der Waals surface area contributed by atoms with E-state index in [4.69, 9.17) is 9.47 Å². The third-order valence-corrected chi connectivity index (χ3v) is 5.92. The molecule has 0 spiro atoms. The Bertz CT molecular complexity index is 610.